The smallest absolute Gasteiger partial charge is 0.0186 e. The molecule has 1 aromatic carbocycles. The van der Waals surface area contributed by atoms with Crippen LogP contribution in [0.2, 0.25) is 0 Å². The lowest BCUT2D eigenvalue weighted by atomic mass is 10.0. The highest BCUT2D eigenvalue weighted by Gasteiger charge is 2.13. The molecule has 16 heavy (non-hydrogen) atoms. The van der Waals surface area contributed by atoms with Crippen LogP contribution in [0.15, 0.2) is 33.6 Å². The molecule has 0 aliphatic heterocycles. The molecule has 2 unspecified atom stereocenters. The summed E-state index contributed by atoms with van der Waals surface area (Å²) in [5.74, 6) is 1.85. The molecule has 0 saturated heterocycles. The van der Waals surface area contributed by atoms with Crippen molar-refractivity contribution in [2.24, 2.45) is 5.92 Å². The molecule has 0 amide bonds. The first-order valence-electron chi connectivity index (χ1n) is 5.73. The second-order valence-corrected chi connectivity index (χ2v) is 6.06. The standard InChI is InChI=1S/C13H20BrNS/c1-4-10(2)13(15-3)9-16-12-7-5-6-11(14)8-12/h5-8,10,13,15H,4,9H2,1-3H3. The van der Waals surface area contributed by atoms with Crippen molar-refractivity contribution in [1.29, 1.82) is 0 Å². The molecule has 2 atom stereocenters. The Morgan fingerprint density at radius 3 is 2.75 bits per heavy atom. The Hall–Kier alpha value is 0.01000. The van der Waals surface area contributed by atoms with Crippen molar-refractivity contribution in [3.05, 3.63) is 28.7 Å². The Labute approximate surface area is 112 Å². The molecule has 0 spiro atoms. The SMILES string of the molecule is CCC(C)C(CSc1cccc(Br)c1)NC. The fraction of sp³-hybridized carbons (Fsp3) is 0.538. The van der Waals surface area contributed by atoms with E-state index in [9.17, 15) is 0 Å². The summed E-state index contributed by atoms with van der Waals surface area (Å²) in [7, 11) is 2.05. The van der Waals surface area contributed by atoms with Crippen LogP contribution >= 0.6 is 27.7 Å². The maximum absolute atomic E-state index is 3.50. The molecule has 0 aliphatic carbocycles. The molecule has 0 bridgehead atoms. The molecule has 1 aromatic rings. The van der Waals surface area contributed by atoms with Crippen molar-refractivity contribution in [3.63, 3.8) is 0 Å². The summed E-state index contributed by atoms with van der Waals surface area (Å²) < 4.78 is 1.15. The zero-order valence-corrected chi connectivity index (χ0v) is 12.6. The summed E-state index contributed by atoms with van der Waals surface area (Å²) in [5.41, 5.74) is 0. The van der Waals surface area contributed by atoms with E-state index in [1.165, 1.54) is 11.3 Å². The Kier molecular flexibility index (Phi) is 6.47. The monoisotopic (exact) mass is 301 g/mol. The van der Waals surface area contributed by atoms with E-state index in [1.807, 2.05) is 11.8 Å². The molecular formula is C13H20BrNS. The summed E-state index contributed by atoms with van der Waals surface area (Å²) in [5, 5.41) is 3.41. The molecule has 1 N–H and O–H groups in total. The molecule has 1 nitrogen and oxygen atoms in total. The minimum absolute atomic E-state index is 0.592. The summed E-state index contributed by atoms with van der Waals surface area (Å²) in [4.78, 5) is 1.33. The first kappa shape index (κ1) is 14.1. The first-order chi connectivity index (χ1) is 7.67. The highest BCUT2D eigenvalue weighted by atomic mass is 79.9. The summed E-state index contributed by atoms with van der Waals surface area (Å²) in [6.07, 6.45) is 1.23. The molecule has 0 aromatic heterocycles. The van der Waals surface area contributed by atoms with Crippen LogP contribution in [0.3, 0.4) is 0 Å². The number of rotatable bonds is 6. The highest BCUT2D eigenvalue weighted by molar-refractivity contribution is 9.10. The summed E-state index contributed by atoms with van der Waals surface area (Å²) in [6, 6.07) is 9.08. The van der Waals surface area contributed by atoms with Gasteiger partial charge in [0.25, 0.3) is 0 Å². The van der Waals surface area contributed by atoms with Gasteiger partial charge in [-0.25, -0.2) is 0 Å². The lowest BCUT2D eigenvalue weighted by Crippen LogP contribution is -2.34. The quantitative estimate of drug-likeness (QED) is 0.791. The minimum atomic E-state index is 0.592. The van der Waals surface area contributed by atoms with Gasteiger partial charge in [0, 0.05) is 21.2 Å². The van der Waals surface area contributed by atoms with Crippen molar-refractivity contribution in [2.75, 3.05) is 12.8 Å². The van der Waals surface area contributed by atoms with Crippen molar-refractivity contribution < 1.29 is 0 Å². The third-order valence-corrected chi connectivity index (χ3v) is 4.53. The molecule has 3 heteroatoms. The van der Waals surface area contributed by atoms with E-state index in [4.69, 9.17) is 0 Å². The van der Waals surface area contributed by atoms with Crippen molar-refractivity contribution in [2.45, 2.75) is 31.2 Å². The average Bonchev–Trinajstić information content (AvgIpc) is 2.29. The normalized spacial score (nSPS) is 14.8. The van der Waals surface area contributed by atoms with E-state index in [-0.39, 0.29) is 0 Å². The van der Waals surface area contributed by atoms with Gasteiger partial charge in [0.1, 0.15) is 0 Å². The molecule has 1 rings (SSSR count). The maximum Gasteiger partial charge on any atom is 0.0186 e. The van der Waals surface area contributed by atoms with Crippen LogP contribution in [-0.4, -0.2) is 18.8 Å². The predicted octanol–water partition coefficient (Wildman–Crippen LogP) is 4.18. The lowest BCUT2D eigenvalue weighted by Gasteiger charge is -2.21. The largest absolute Gasteiger partial charge is 0.316 e. The first-order valence-corrected chi connectivity index (χ1v) is 7.50. The summed E-state index contributed by atoms with van der Waals surface area (Å²) >= 11 is 5.42. The van der Waals surface area contributed by atoms with Crippen LogP contribution < -0.4 is 5.32 Å². The van der Waals surface area contributed by atoms with E-state index in [2.05, 4.69) is 66.4 Å². The van der Waals surface area contributed by atoms with Gasteiger partial charge in [-0.15, -0.1) is 11.8 Å². The average molecular weight is 302 g/mol. The van der Waals surface area contributed by atoms with Crippen molar-refractivity contribution in [3.8, 4) is 0 Å². The number of nitrogens with one attached hydrogen (secondary N) is 1. The number of benzene rings is 1. The van der Waals surface area contributed by atoms with Crippen molar-refractivity contribution in [1.82, 2.24) is 5.32 Å². The second-order valence-electron chi connectivity index (χ2n) is 4.05. The zero-order valence-electron chi connectivity index (χ0n) is 10.2. The minimum Gasteiger partial charge on any atom is -0.316 e. The van der Waals surface area contributed by atoms with Gasteiger partial charge in [-0.05, 0) is 31.2 Å². The molecule has 0 radical (unpaired) electrons. The van der Waals surface area contributed by atoms with E-state index < -0.39 is 0 Å². The molecular weight excluding hydrogens is 282 g/mol. The maximum atomic E-state index is 3.50. The molecule has 0 aliphatic rings. The van der Waals surface area contributed by atoms with Crippen LogP contribution in [0.5, 0.6) is 0 Å². The van der Waals surface area contributed by atoms with Gasteiger partial charge < -0.3 is 5.32 Å². The van der Waals surface area contributed by atoms with E-state index in [1.54, 1.807) is 0 Å². The van der Waals surface area contributed by atoms with Gasteiger partial charge >= 0.3 is 0 Å². The predicted molar refractivity (Wildman–Crippen MR) is 77.2 cm³/mol. The van der Waals surface area contributed by atoms with Gasteiger partial charge in [0.2, 0.25) is 0 Å². The van der Waals surface area contributed by atoms with Crippen LogP contribution in [-0.2, 0) is 0 Å². The van der Waals surface area contributed by atoms with Crippen LogP contribution in [0, 0.1) is 5.92 Å². The van der Waals surface area contributed by atoms with Crippen LogP contribution in [0.25, 0.3) is 0 Å². The second kappa shape index (κ2) is 7.36. The van der Waals surface area contributed by atoms with E-state index >= 15 is 0 Å². The highest BCUT2D eigenvalue weighted by Crippen LogP contribution is 2.24. The number of halogens is 1. The lowest BCUT2D eigenvalue weighted by molar-refractivity contribution is 0.420. The number of hydrogen-bond donors (Lipinski definition) is 1. The van der Waals surface area contributed by atoms with Gasteiger partial charge in [-0.1, -0.05) is 42.3 Å². The van der Waals surface area contributed by atoms with Crippen molar-refractivity contribution >= 4 is 27.7 Å². The fourth-order valence-electron chi connectivity index (χ4n) is 1.56. The third-order valence-electron chi connectivity index (χ3n) is 2.93. The van der Waals surface area contributed by atoms with Gasteiger partial charge in [0.15, 0.2) is 0 Å². The van der Waals surface area contributed by atoms with E-state index in [0.717, 1.165) is 16.1 Å². The zero-order chi connectivity index (χ0) is 12.0. The van der Waals surface area contributed by atoms with Gasteiger partial charge in [0.05, 0.1) is 0 Å². The summed E-state index contributed by atoms with van der Waals surface area (Å²) in [6.45, 7) is 4.56. The topological polar surface area (TPSA) is 12.0 Å². The Balaban J connectivity index is 2.49. The molecule has 0 heterocycles. The molecule has 0 saturated carbocycles. The number of thioether (sulfide) groups is 1. The van der Waals surface area contributed by atoms with Crippen LogP contribution in [0.1, 0.15) is 20.3 Å². The Morgan fingerprint density at radius 2 is 2.19 bits per heavy atom. The van der Waals surface area contributed by atoms with Crippen LogP contribution in [0.4, 0.5) is 0 Å². The third kappa shape index (κ3) is 4.48. The van der Waals surface area contributed by atoms with Gasteiger partial charge in [-0.3, -0.25) is 0 Å². The number of hydrogen-bond acceptors (Lipinski definition) is 2. The Morgan fingerprint density at radius 1 is 1.44 bits per heavy atom. The molecule has 90 valence electrons. The molecule has 0 fully saturated rings. The Bertz CT molecular complexity index is 317. The van der Waals surface area contributed by atoms with E-state index in [0.29, 0.717) is 6.04 Å². The fourth-order valence-corrected chi connectivity index (χ4v) is 3.36. The van der Waals surface area contributed by atoms with Gasteiger partial charge in [-0.2, -0.15) is 0 Å².